The van der Waals surface area contributed by atoms with Crippen molar-refractivity contribution in [2.75, 3.05) is 17.1 Å². The summed E-state index contributed by atoms with van der Waals surface area (Å²) in [6, 6.07) is 17.1. The van der Waals surface area contributed by atoms with Gasteiger partial charge in [0, 0.05) is 5.54 Å². The van der Waals surface area contributed by atoms with Crippen molar-refractivity contribution >= 4 is 21.6 Å². The van der Waals surface area contributed by atoms with Gasteiger partial charge in [0.1, 0.15) is 6.54 Å². The van der Waals surface area contributed by atoms with Crippen molar-refractivity contribution in [1.29, 1.82) is 0 Å². The maximum atomic E-state index is 12.6. The van der Waals surface area contributed by atoms with Crippen LogP contribution in [0.2, 0.25) is 0 Å². The molecule has 2 aromatic rings. The van der Waals surface area contributed by atoms with Crippen LogP contribution in [0, 0.1) is 0 Å². The number of benzene rings is 2. The number of rotatable bonds is 8. The van der Waals surface area contributed by atoms with Crippen LogP contribution in [-0.4, -0.2) is 32.7 Å². The minimum atomic E-state index is -3.57. The van der Waals surface area contributed by atoms with Crippen LogP contribution in [0.1, 0.15) is 31.9 Å². The molecule has 2 rings (SSSR count). The number of nitrogens with zero attached hydrogens (tertiary/aromatic N) is 1. The highest BCUT2D eigenvalue weighted by molar-refractivity contribution is 7.92. The van der Waals surface area contributed by atoms with Gasteiger partial charge in [0.2, 0.25) is 15.9 Å². The van der Waals surface area contributed by atoms with Gasteiger partial charge in [-0.15, -0.1) is 0 Å². The maximum absolute atomic E-state index is 12.6. The number of amides is 1. The number of aryl methyl sites for hydroxylation is 1. The number of carbonyl (C=O) groups is 1. The van der Waals surface area contributed by atoms with E-state index in [1.807, 2.05) is 63.2 Å². The summed E-state index contributed by atoms with van der Waals surface area (Å²) in [5.74, 6) is -0.332. The van der Waals surface area contributed by atoms with E-state index in [0.717, 1.165) is 28.1 Å². The lowest BCUT2D eigenvalue weighted by Crippen LogP contribution is -2.50. The average molecular weight is 389 g/mol. The first-order valence-electron chi connectivity index (χ1n) is 9.02. The Balaban J connectivity index is 2.11. The summed E-state index contributed by atoms with van der Waals surface area (Å²) in [7, 11) is -3.57. The van der Waals surface area contributed by atoms with E-state index in [-0.39, 0.29) is 12.5 Å². The van der Waals surface area contributed by atoms with Crippen molar-refractivity contribution in [3.63, 3.8) is 0 Å². The predicted molar refractivity (Wildman–Crippen MR) is 110 cm³/mol. The van der Waals surface area contributed by atoms with Crippen molar-refractivity contribution in [1.82, 2.24) is 5.32 Å². The van der Waals surface area contributed by atoms with Crippen LogP contribution in [-0.2, 0) is 27.7 Å². The third-order valence-electron chi connectivity index (χ3n) is 4.29. The smallest absolute Gasteiger partial charge is 0.241 e. The van der Waals surface area contributed by atoms with Crippen LogP contribution < -0.4 is 9.62 Å². The fourth-order valence-corrected chi connectivity index (χ4v) is 3.85. The Morgan fingerprint density at radius 2 is 1.59 bits per heavy atom. The van der Waals surface area contributed by atoms with Crippen molar-refractivity contribution in [2.45, 2.75) is 39.2 Å². The maximum Gasteiger partial charge on any atom is 0.241 e. The molecule has 0 aliphatic rings. The van der Waals surface area contributed by atoms with Crippen LogP contribution >= 0.6 is 0 Å². The van der Waals surface area contributed by atoms with E-state index < -0.39 is 15.6 Å². The Labute approximate surface area is 162 Å². The summed E-state index contributed by atoms with van der Waals surface area (Å²) in [6.07, 6.45) is 2.64. The second-order valence-corrected chi connectivity index (χ2v) is 9.29. The molecule has 146 valence electrons. The first kappa shape index (κ1) is 21.0. The van der Waals surface area contributed by atoms with Crippen LogP contribution in [0.5, 0.6) is 0 Å². The molecule has 5 nitrogen and oxygen atoms in total. The Morgan fingerprint density at radius 1 is 1.00 bits per heavy atom. The molecule has 0 saturated carbocycles. The Hall–Kier alpha value is -2.34. The van der Waals surface area contributed by atoms with Crippen molar-refractivity contribution in [3.05, 3.63) is 65.7 Å². The van der Waals surface area contributed by atoms with Crippen LogP contribution in [0.25, 0.3) is 0 Å². The molecular weight excluding hydrogens is 360 g/mol. The summed E-state index contributed by atoms with van der Waals surface area (Å²) < 4.78 is 25.6. The van der Waals surface area contributed by atoms with Gasteiger partial charge in [-0.25, -0.2) is 8.42 Å². The van der Waals surface area contributed by atoms with Gasteiger partial charge >= 0.3 is 0 Å². The minimum Gasteiger partial charge on any atom is -0.349 e. The lowest BCUT2D eigenvalue weighted by molar-refractivity contribution is -0.121. The van der Waals surface area contributed by atoms with Crippen LogP contribution in [0.15, 0.2) is 54.6 Å². The van der Waals surface area contributed by atoms with Gasteiger partial charge in [-0.2, -0.15) is 0 Å². The molecule has 0 saturated heterocycles. The summed E-state index contributed by atoms with van der Waals surface area (Å²) in [4.78, 5) is 12.6. The van der Waals surface area contributed by atoms with Gasteiger partial charge in [-0.3, -0.25) is 9.10 Å². The largest absolute Gasteiger partial charge is 0.349 e. The van der Waals surface area contributed by atoms with Crippen LogP contribution in [0.4, 0.5) is 5.69 Å². The molecule has 0 spiro atoms. The van der Waals surface area contributed by atoms with E-state index in [2.05, 4.69) is 5.32 Å². The topological polar surface area (TPSA) is 66.5 Å². The monoisotopic (exact) mass is 388 g/mol. The normalized spacial score (nSPS) is 11.9. The van der Waals surface area contributed by atoms with Gasteiger partial charge in [0.05, 0.1) is 11.9 Å². The van der Waals surface area contributed by atoms with Gasteiger partial charge in [-0.05, 0) is 49.9 Å². The second kappa shape index (κ2) is 8.57. The average Bonchev–Trinajstić information content (AvgIpc) is 2.59. The van der Waals surface area contributed by atoms with E-state index in [0.29, 0.717) is 12.1 Å². The molecule has 0 radical (unpaired) electrons. The zero-order valence-corrected chi connectivity index (χ0v) is 17.2. The molecule has 0 fully saturated rings. The highest BCUT2D eigenvalue weighted by Gasteiger charge is 2.25. The van der Waals surface area contributed by atoms with E-state index in [4.69, 9.17) is 0 Å². The lowest BCUT2D eigenvalue weighted by Gasteiger charge is -2.29. The zero-order chi connectivity index (χ0) is 20.1. The number of hydrogen-bond acceptors (Lipinski definition) is 3. The standard InChI is InChI=1S/C21H28N2O3S/c1-5-17-11-13-19(14-12-17)23(27(4,25)26)16-20(24)22-21(2,3)15-18-9-7-6-8-10-18/h6-14H,5,15-16H2,1-4H3,(H,22,24). The summed E-state index contributed by atoms with van der Waals surface area (Å²) in [5.41, 5.74) is 2.22. The fraction of sp³-hybridized carbons (Fsp3) is 0.381. The molecular formula is C21H28N2O3S. The van der Waals surface area contributed by atoms with E-state index in [1.54, 1.807) is 12.1 Å². The zero-order valence-electron chi connectivity index (χ0n) is 16.4. The summed E-state index contributed by atoms with van der Waals surface area (Å²) >= 11 is 0. The van der Waals surface area contributed by atoms with Gasteiger partial charge < -0.3 is 5.32 Å². The molecule has 2 aromatic carbocycles. The first-order chi connectivity index (χ1) is 12.6. The quantitative estimate of drug-likeness (QED) is 0.755. The molecule has 0 aliphatic carbocycles. The fourth-order valence-electron chi connectivity index (χ4n) is 3.00. The number of hydrogen-bond donors (Lipinski definition) is 1. The van der Waals surface area contributed by atoms with Crippen molar-refractivity contribution < 1.29 is 13.2 Å². The highest BCUT2D eigenvalue weighted by Crippen LogP contribution is 2.19. The van der Waals surface area contributed by atoms with Gasteiger partial charge in [-0.1, -0.05) is 49.4 Å². The van der Waals surface area contributed by atoms with Gasteiger partial charge in [0.25, 0.3) is 0 Å². The Morgan fingerprint density at radius 3 is 2.11 bits per heavy atom. The molecule has 0 aliphatic heterocycles. The minimum absolute atomic E-state index is 0.247. The van der Waals surface area contributed by atoms with Crippen molar-refractivity contribution in [2.24, 2.45) is 0 Å². The van der Waals surface area contributed by atoms with E-state index in [1.165, 1.54) is 0 Å². The summed E-state index contributed by atoms with van der Waals surface area (Å²) in [6.45, 7) is 5.64. The molecule has 0 aromatic heterocycles. The summed E-state index contributed by atoms with van der Waals surface area (Å²) in [5, 5.41) is 2.95. The van der Waals surface area contributed by atoms with E-state index >= 15 is 0 Å². The van der Waals surface area contributed by atoms with E-state index in [9.17, 15) is 13.2 Å². The molecule has 0 heterocycles. The molecule has 1 N–H and O–H groups in total. The Kier molecular flexibility index (Phi) is 6.65. The molecule has 1 amide bonds. The SMILES string of the molecule is CCc1ccc(N(CC(=O)NC(C)(C)Cc2ccccc2)S(C)(=O)=O)cc1. The van der Waals surface area contributed by atoms with Gasteiger partial charge in [0.15, 0.2) is 0 Å². The Bertz CT molecular complexity index is 860. The number of sulfonamides is 1. The highest BCUT2D eigenvalue weighted by atomic mass is 32.2. The van der Waals surface area contributed by atoms with Crippen molar-refractivity contribution in [3.8, 4) is 0 Å². The lowest BCUT2D eigenvalue weighted by atomic mass is 9.95. The number of nitrogens with one attached hydrogen (secondary N) is 1. The third-order valence-corrected chi connectivity index (χ3v) is 5.43. The second-order valence-electron chi connectivity index (χ2n) is 7.38. The first-order valence-corrected chi connectivity index (χ1v) is 10.9. The third kappa shape index (κ3) is 6.40. The number of carbonyl (C=O) groups excluding carboxylic acids is 1. The molecule has 6 heteroatoms. The molecule has 27 heavy (non-hydrogen) atoms. The van der Waals surface area contributed by atoms with Crippen LogP contribution in [0.3, 0.4) is 0 Å². The number of anilines is 1. The predicted octanol–water partition coefficient (Wildman–Crippen LogP) is 3.15. The molecule has 0 bridgehead atoms. The molecule has 0 atom stereocenters. The molecule has 0 unspecified atom stereocenters.